The van der Waals surface area contributed by atoms with Crippen molar-refractivity contribution in [3.63, 3.8) is 0 Å². The third-order valence-electron chi connectivity index (χ3n) is 4.86. The Morgan fingerprint density at radius 3 is 2.32 bits per heavy atom. The number of carbonyl (C=O) groups is 2. The smallest absolute Gasteiger partial charge is 0.300 e. The first-order valence-electron chi connectivity index (χ1n) is 9.74. The van der Waals surface area contributed by atoms with Crippen LogP contribution in [0, 0.1) is 0 Å². The van der Waals surface area contributed by atoms with Gasteiger partial charge in [-0.2, -0.15) is 0 Å². The Hall–Kier alpha value is -3.32. The van der Waals surface area contributed by atoms with Gasteiger partial charge in [0, 0.05) is 15.7 Å². The largest absolute Gasteiger partial charge is 0.507 e. The van der Waals surface area contributed by atoms with Crippen molar-refractivity contribution in [2.45, 2.75) is 26.0 Å². The minimum Gasteiger partial charge on any atom is -0.507 e. The summed E-state index contributed by atoms with van der Waals surface area (Å²) in [6.07, 6.45) is 1.48. The lowest BCUT2D eigenvalue weighted by molar-refractivity contribution is -0.132. The quantitative estimate of drug-likeness (QED) is 0.297. The van der Waals surface area contributed by atoms with Crippen molar-refractivity contribution >= 4 is 39.1 Å². The summed E-state index contributed by atoms with van der Waals surface area (Å²) in [6.45, 7) is 3.84. The van der Waals surface area contributed by atoms with E-state index in [0.717, 1.165) is 4.47 Å². The van der Waals surface area contributed by atoms with Crippen LogP contribution < -0.4 is 9.64 Å². The molecule has 1 N–H and O–H groups in total. The molecule has 3 aromatic rings. The highest BCUT2D eigenvalue weighted by Gasteiger charge is 2.48. The summed E-state index contributed by atoms with van der Waals surface area (Å²) >= 11 is 3.35. The van der Waals surface area contributed by atoms with Gasteiger partial charge in [0.1, 0.15) is 23.3 Å². The molecule has 1 aliphatic rings. The predicted molar refractivity (Wildman–Crippen MR) is 120 cm³/mol. The third-order valence-corrected chi connectivity index (χ3v) is 5.39. The molecule has 0 radical (unpaired) electrons. The molecule has 1 fully saturated rings. The van der Waals surface area contributed by atoms with Crippen molar-refractivity contribution < 1.29 is 23.8 Å². The van der Waals surface area contributed by atoms with Crippen molar-refractivity contribution in [2.24, 2.45) is 0 Å². The Bertz CT molecular complexity index is 1130. The standard InChI is InChI=1S/C24H20BrNO5/c1-14(2)31-18-11-9-17(10-12-18)26-21(19-4-3-13-30-19)20(23(28)24(26)29)22(27)15-5-7-16(25)8-6-15/h3-14,21,27H,1-2H3/b22-20-. The molecule has 0 aliphatic carbocycles. The molecule has 2 heterocycles. The van der Waals surface area contributed by atoms with Gasteiger partial charge in [0.25, 0.3) is 11.7 Å². The maximum absolute atomic E-state index is 13.0. The average Bonchev–Trinajstić information content (AvgIpc) is 3.36. The van der Waals surface area contributed by atoms with E-state index in [1.807, 2.05) is 13.8 Å². The molecular weight excluding hydrogens is 462 g/mol. The summed E-state index contributed by atoms with van der Waals surface area (Å²) in [5.74, 6) is -0.739. The van der Waals surface area contributed by atoms with E-state index < -0.39 is 17.7 Å². The van der Waals surface area contributed by atoms with E-state index in [0.29, 0.717) is 22.8 Å². The third kappa shape index (κ3) is 4.01. The monoisotopic (exact) mass is 481 g/mol. The van der Waals surface area contributed by atoms with Gasteiger partial charge in [0.2, 0.25) is 0 Å². The molecule has 0 saturated carbocycles. The lowest BCUT2D eigenvalue weighted by Crippen LogP contribution is -2.29. The zero-order valence-electron chi connectivity index (χ0n) is 16.9. The molecule has 1 aromatic heterocycles. The van der Waals surface area contributed by atoms with Crippen LogP contribution in [0.3, 0.4) is 0 Å². The van der Waals surface area contributed by atoms with E-state index >= 15 is 0 Å². The summed E-state index contributed by atoms with van der Waals surface area (Å²) in [7, 11) is 0. The first kappa shape index (κ1) is 20.9. The van der Waals surface area contributed by atoms with Crippen molar-refractivity contribution in [1.82, 2.24) is 0 Å². The lowest BCUT2D eigenvalue weighted by atomic mass is 9.99. The molecule has 0 spiro atoms. The van der Waals surface area contributed by atoms with Gasteiger partial charge >= 0.3 is 0 Å². The van der Waals surface area contributed by atoms with E-state index in [2.05, 4.69) is 15.9 Å². The van der Waals surface area contributed by atoms with Crippen LogP contribution in [0.25, 0.3) is 5.76 Å². The number of ether oxygens (including phenoxy) is 1. The summed E-state index contributed by atoms with van der Waals surface area (Å²) in [5.41, 5.74) is 0.901. The second kappa shape index (κ2) is 8.43. The number of benzene rings is 2. The number of aliphatic hydroxyl groups is 1. The highest BCUT2D eigenvalue weighted by atomic mass is 79.9. The minimum atomic E-state index is -0.893. The second-order valence-corrected chi connectivity index (χ2v) is 8.27. The summed E-state index contributed by atoms with van der Waals surface area (Å²) in [4.78, 5) is 27.4. The van der Waals surface area contributed by atoms with Crippen LogP contribution in [0.15, 0.2) is 81.4 Å². The van der Waals surface area contributed by atoms with E-state index in [1.165, 1.54) is 11.2 Å². The zero-order chi connectivity index (χ0) is 22.1. The molecule has 1 unspecified atom stereocenters. The number of amides is 1. The van der Waals surface area contributed by atoms with Gasteiger partial charge in [-0.05, 0) is 62.4 Å². The number of Topliss-reactive ketones (excluding diaryl/α,β-unsaturated/α-hetero) is 1. The van der Waals surface area contributed by atoms with Gasteiger partial charge in [0.05, 0.1) is 17.9 Å². The highest BCUT2D eigenvalue weighted by Crippen LogP contribution is 2.42. The van der Waals surface area contributed by atoms with Crippen LogP contribution in [0.1, 0.15) is 31.2 Å². The Labute approximate surface area is 187 Å². The average molecular weight is 482 g/mol. The van der Waals surface area contributed by atoms with Crippen molar-refractivity contribution in [1.29, 1.82) is 0 Å². The number of furan rings is 1. The van der Waals surface area contributed by atoms with Crippen LogP contribution in [0.5, 0.6) is 5.75 Å². The number of hydrogen-bond acceptors (Lipinski definition) is 5. The summed E-state index contributed by atoms with van der Waals surface area (Å²) in [5, 5.41) is 11.0. The molecule has 6 nitrogen and oxygen atoms in total. The molecule has 0 bridgehead atoms. The molecular formula is C24H20BrNO5. The highest BCUT2D eigenvalue weighted by molar-refractivity contribution is 9.10. The van der Waals surface area contributed by atoms with Gasteiger partial charge in [-0.3, -0.25) is 14.5 Å². The molecule has 31 heavy (non-hydrogen) atoms. The number of hydrogen-bond donors (Lipinski definition) is 1. The van der Waals surface area contributed by atoms with Crippen LogP contribution in [0.2, 0.25) is 0 Å². The minimum absolute atomic E-state index is 0.00843. The molecule has 4 rings (SSSR count). The van der Waals surface area contributed by atoms with E-state index in [-0.39, 0.29) is 17.4 Å². The summed E-state index contributed by atoms with van der Waals surface area (Å²) < 4.78 is 12.0. The van der Waals surface area contributed by atoms with Crippen LogP contribution in [-0.2, 0) is 9.59 Å². The zero-order valence-corrected chi connectivity index (χ0v) is 18.5. The number of ketones is 1. The van der Waals surface area contributed by atoms with Crippen LogP contribution in [0.4, 0.5) is 5.69 Å². The predicted octanol–water partition coefficient (Wildman–Crippen LogP) is 5.46. The van der Waals surface area contributed by atoms with E-state index in [4.69, 9.17) is 9.15 Å². The van der Waals surface area contributed by atoms with Gasteiger partial charge in [-0.15, -0.1) is 0 Å². The normalized spacial score (nSPS) is 18.1. The van der Waals surface area contributed by atoms with Gasteiger partial charge in [0.15, 0.2) is 0 Å². The Balaban J connectivity index is 1.82. The first-order valence-corrected chi connectivity index (χ1v) is 10.5. The van der Waals surface area contributed by atoms with Crippen molar-refractivity contribution in [3.8, 4) is 5.75 Å². The van der Waals surface area contributed by atoms with Crippen LogP contribution in [-0.4, -0.2) is 22.9 Å². The molecule has 7 heteroatoms. The van der Waals surface area contributed by atoms with Crippen molar-refractivity contribution in [3.05, 3.63) is 88.3 Å². The number of anilines is 1. The SMILES string of the molecule is CC(C)Oc1ccc(N2C(=O)C(=O)/C(=C(\O)c3ccc(Br)cc3)C2c2ccco2)cc1. The molecule has 1 aliphatic heterocycles. The van der Waals surface area contributed by atoms with Crippen molar-refractivity contribution in [2.75, 3.05) is 4.90 Å². The fraction of sp³-hybridized carbons (Fsp3) is 0.167. The van der Waals surface area contributed by atoms with E-state index in [9.17, 15) is 14.7 Å². The fourth-order valence-electron chi connectivity index (χ4n) is 3.54. The molecule has 2 aromatic carbocycles. The molecule has 1 saturated heterocycles. The maximum Gasteiger partial charge on any atom is 0.300 e. The lowest BCUT2D eigenvalue weighted by Gasteiger charge is -2.23. The number of rotatable bonds is 5. The Morgan fingerprint density at radius 2 is 1.74 bits per heavy atom. The Morgan fingerprint density at radius 1 is 1.06 bits per heavy atom. The molecule has 1 amide bonds. The molecule has 1 atom stereocenters. The van der Waals surface area contributed by atoms with E-state index in [1.54, 1.807) is 60.7 Å². The first-order chi connectivity index (χ1) is 14.9. The number of halogens is 1. The van der Waals surface area contributed by atoms with Gasteiger partial charge in [-0.25, -0.2) is 0 Å². The summed E-state index contributed by atoms with van der Waals surface area (Å²) in [6, 6.07) is 16.2. The number of nitrogens with zero attached hydrogens (tertiary/aromatic N) is 1. The number of carbonyl (C=O) groups excluding carboxylic acids is 2. The van der Waals surface area contributed by atoms with Crippen LogP contribution >= 0.6 is 15.9 Å². The Kier molecular flexibility index (Phi) is 5.69. The fourth-order valence-corrected chi connectivity index (χ4v) is 3.80. The second-order valence-electron chi connectivity index (χ2n) is 7.35. The van der Waals surface area contributed by atoms with Gasteiger partial charge < -0.3 is 14.3 Å². The van der Waals surface area contributed by atoms with Gasteiger partial charge in [-0.1, -0.05) is 28.1 Å². The molecule has 158 valence electrons. The maximum atomic E-state index is 13.0. The number of aliphatic hydroxyl groups excluding tert-OH is 1. The topological polar surface area (TPSA) is 80.0 Å².